The summed E-state index contributed by atoms with van der Waals surface area (Å²) in [5.74, 6) is 1.57. The molecule has 1 aliphatic rings. The number of nitrogens with two attached hydrogens (primary N) is 1. The van der Waals surface area contributed by atoms with Crippen molar-refractivity contribution in [2.24, 2.45) is 5.73 Å². The first-order valence-electron chi connectivity index (χ1n) is 7.51. The highest BCUT2D eigenvalue weighted by atomic mass is 32.2. The van der Waals surface area contributed by atoms with E-state index in [1.807, 2.05) is 30.5 Å². The van der Waals surface area contributed by atoms with Gasteiger partial charge in [0.2, 0.25) is 5.91 Å². The van der Waals surface area contributed by atoms with Gasteiger partial charge in [-0.25, -0.2) is 0 Å². The van der Waals surface area contributed by atoms with Crippen molar-refractivity contribution in [3.63, 3.8) is 0 Å². The first-order valence-corrected chi connectivity index (χ1v) is 8.90. The normalized spacial score (nSPS) is 16.7. The zero-order valence-corrected chi connectivity index (χ0v) is 13.3. The molecule has 0 heterocycles. The van der Waals surface area contributed by atoms with E-state index in [-0.39, 0.29) is 5.91 Å². The fourth-order valence-electron chi connectivity index (χ4n) is 2.46. The predicted octanol–water partition coefficient (Wildman–Crippen LogP) is 3.03. The Hall–Kier alpha value is -1.20. The van der Waals surface area contributed by atoms with E-state index in [1.54, 1.807) is 11.8 Å². The summed E-state index contributed by atoms with van der Waals surface area (Å²) in [4.78, 5) is 12.0. The monoisotopic (exact) mass is 308 g/mol. The third-order valence-corrected chi connectivity index (χ3v) is 4.32. The summed E-state index contributed by atoms with van der Waals surface area (Å²) >= 11 is 1.69. The number of carbonyl (C=O) groups is 1. The molecule has 1 aromatic carbocycles. The molecule has 1 aliphatic carbocycles. The van der Waals surface area contributed by atoms with Gasteiger partial charge in [0.1, 0.15) is 5.75 Å². The number of nitrogens with one attached hydrogen (secondary N) is 1. The van der Waals surface area contributed by atoms with Crippen LogP contribution in [0, 0.1) is 0 Å². The third-order valence-electron chi connectivity index (χ3n) is 3.68. The van der Waals surface area contributed by atoms with Gasteiger partial charge in [-0.1, -0.05) is 6.07 Å². The smallest absolute Gasteiger partial charge is 0.241 e. The van der Waals surface area contributed by atoms with Crippen LogP contribution < -0.4 is 15.8 Å². The Balaban J connectivity index is 1.89. The summed E-state index contributed by atoms with van der Waals surface area (Å²) in [5.41, 5.74) is 6.61. The van der Waals surface area contributed by atoms with E-state index < -0.39 is 6.04 Å². The number of hydrogen-bond donors (Lipinski definition) is 2. The number of ether oxygens (including phenoxy) is 1. The number of anilines is 1. The van der Waals surface area contributed by atoms with Gasteiger partial charge in [-0.15, -0.1) is 0 Å². The van der Waals surface area contributed by atoms with Crippen molar-refractivity contribution in [3.05, 3.63) is 24.3 Å². The molecule has 4 nitrogen and oxygen atoms in total. The van der Waals surface area contributed by atoms with E-state index >= 15 is 0 Å². The quantitative estimate of drug-likeness (QED) is 0.812. The second-order valence-electron chi connectivity index (χ2n) is 5.43. The average Bonchev–Trinajstić information content (AvgIpc) is 2.98. The lowest BCUT2D eigenvalue weighted by Crippen LogP contribution is -2.36. The molecule has 2 rings (SSSR count). The fourth-order valence-corrected chi connectivity index (χ4v) is 2.95. The van der Waals surface area contributed by atoms with Crippen LogP contribution in [0.5, 0.6) is 5.75 Å². The van der Waals surface area contributed by atoms with Crippen LogP contribution in [0.4, 0.5) is 5.69 Å². The first-order chi connectivity index (χ1) is 10.2. The largest absolute Gasteiger partial charge is 0.490 e. The minimum atomic E-state index is -0.461. The van der Waals surface area contributed by atoms with E-state index in [0.29, 0.717) is 12.5 Å². The van der Waals surface area contributed by atoms with Crippen molar-refractivity contribution in [2.75, 3.05) is 17.3 Å². The second-order valence-corrected chi connectivity index (χ2v) is 6.41. The molecule has 1 saturated carbocycles. The maximum absolute atomic E-state index is 12.0. The van der Waals surface area contributed by atoms with Gasteiger partial charge in [0.25, 0.3) is 0 Å². The summed E-state index contributed by atoms with van der Waals surface area (Å²) in [6.45, 7) is 0. The topological polar surface area (TPSA) is 64.4 Å². The van der Waals surface area contributed by atoms with Gasteiger partial charge in [0, 0.05) is 11.8 Å². The molecule has 1 atom stereocenters. The van der Waals surface area contributed by atoms with Crippen LogP contribution in [0.3, 0.4) is 0 Å². The highest BCUT2D eigenvalue weighted by Gasteiger charge is 2.17. The fraction of sp³-hybridized carbons (Fsp3) is 0.562. The highest BCUT2D eigenvalue weighted by Crippen LogP contribution is 2.25. The van der Waals surface area contributed by atoms with Gasteiger partial charge < -0.3 is 15.8 Å². The van der Waals surface area contributed by atoms with Crippen LogP contribution in [0.25, 0.3) is 0 Å². The van der Waals surface area contributed by atoms with Crippen molar-refractivity contribution in [2.45, 2.75) is 44.2 Å². The molecule has 21 heavy (non-hydrogen) atoms. The number of rotatable bonds is 7. The van der Waals surface area contributed by atoms with E-state index in [1.165, 1.54) is 12.8 Å². The molecule has 1 aromatic rings. The van der Waals surface area contributed by atoms with Crippen molar-refractivity contribution in [3.8, 4) is 5.75 Å². The minimum absolute atomic E-state index is 0.137. The van der Waals surface area contributed by atoms with Crippen LogP contribution in [0.2, 0.25) is 0 Å². The summed E-state index contributed by atoms with van der Waals surface area (Å²) in [5, 5.41) is 2.86. The molecule has 0 radical (unpaired) electrons. The number of amides is 1. The average molecular weight is 308 g/mol. The number of thioether (sulfide) groups is 1. The maximum atomic E-state index is 12.0. The molecular formula is C16H24N2O2S. The molecule has 0 unspecified atom stereocenters. The van der Waals surface area contributed by atoms with Gasteiger partial charge >= 0.3 is 0 Å². The summed E-state index contributed by atoms with van der Waals surface area (Å²) < 4.78 is 5.94. The third kappa shape index (κ3) is 5.25. The Morgan fingerprint density at radius 2 is 2.24 bits per heavy atom. The SMILES string of the molecule is CSCC[C@H](N)C(=O)Nc1cccc(OC2CCCC2)c1. The number of benzene rings is 1. The lowest BCUT2D eigenvalue weighted by atomic mass is 10.2. The zero-order valence-electron chi connectivity index (χ0n) is 12.5. The summed E-state index contributed by atoms with van der Waals surface area (Å²) in [6.07, 6.45) is 7.74. The Kier molecular flexibility index (Phi) is 6.39. The molecule has 1 fully saturated rings. The maximum Gasteiger partial charge on any atom is 0.241 e. The Morgan fingerprint density at radius 3 is 2.95 bits per heavy atom. The van der Waals surface area contributed by atoms with Crippen molar-refractivity contribution < 1.29 is 9.53 Å². The molecule has 1 amide bonds. The Bertz CT molecular complexity index is 461. The van der Waals surface area contributed by atoms with Crippen LogP contribution in [0.15, 0.2) is 24.3 Å². The molecule has 5 heteroatoms. The van der Waals surface area contributed by atoms with Crippen molar-refractivity contribution >= 4 is 23.4 Å². The number of hydrogen-bond acceptors (Lipinski definition) is 4. The van der Waals surface area contributed by atoms with Crippen LogP contribution in [-0.4, -0.2) is 30.1 Å². The first kappa shape index (κ1) is 16.2. The molecule has 0 aromatic heterocycles. The Morgan fingerprint density at radius 1 is 1.48 bits per heavy atom. The second kappa shape index (κ2) is 8.29. The Labute approximate surface area is 130 Å². The molecule has 0 aliphatic heterocycles. The molecular weight excluding hydrogens is 284 g/mol. The van der Waals surface area contributed by atoms with Crippen molar-refractivity contribution in [1.82, 2.24) is 0 Å². The summed E-state index contributed by atoms with van der Waals surface area (Å²) in [6, 6.07) is 7.10. The highest BCUT2D eigenvalue weighted by molar-refractivity contribution is 7.98. The molecule has 3 N–H and O–H groups in total. The van der Waals surface area contributed by atoms with Gasteiger partial charge in [0.15, 0.2) is 0 Å². The van der Waals surface area contributed by atoms with E-state index in [2.05, 4.69) is 5.32 Å². The van der Waals surface area contributed by atoms with E-state index in [0.717, 1.165) is 30.0 Å². The van der Waals surface area contributed by atoms with Crippen LogP contribution in [0.1, 0.15) is 32.1 Å². The van der Waals surface area contributed by atoms with E-state index in [9.17, 15) is 4.79 Å². The molecule has 0 bridgehead atoms. The molecule has 0 spiro atoms. The zero-order chi connectivity index (χ0) is 15.1. The van der Waals surface area contributed by atoms with Gasteiger partial charge in [0.05, 0.1) is 12.1 Å². The minimum Gasteiger partial charge on any atom is -0.490 e. The number of carbonyl (C=O) groups excluding carboxylic acids is 1. The van der Waals surface area contributed by atoms with Crippen LogP contribution >= 0.6 is 11.8 Å². The van der Waals surface area contributed by atoms with Crippen molar-refractivity contribution in [1.29, 1.82) is 0 Å². The molecule has 116 valence electrons. The van der Waals surface area contributed by atoms with Gasteiger partial charge in [-0.05, 0) is 56.2 Å². The van der Waals surface area contributed by atoms with E-state index in [4.69, 9.17) is 10.5 Å². The lowest BCUT2D eigenvalue weighted by Gasteiger charge is -2.15. The van der Waals surface area contributed by atoms with Gasteiger partial charge in [-0.2, -0.15) is 11.8 Å². The van der Waals surface area contributed by atoms with Crippen LogP contribution in [-0.2, 0) is 4.79 Å². The lowest BCUT2D eigenvalue weighted by molar-refractivity contribution is -0.117. The molecule has 0 saturated heterocycles. The van der Waals surface area contributed by atoms with Gasteiger partial charge in [-0.3, -0.25) is 4.79 Å². The standard InChI is InChI=1S/C16H24N2O2S/c1-21-10-9-15(17)16(19)18-12-5-4-8-14(11-12)20-13-6-2-3-7-13/h4-5,8,11,13,15H,2-3,6-7,9-10,17H2,1H3,(H,18,19)/t15-/m0/s1. The predicted molar refractivity (Wildman–Crippen MR) is 88.9 cm³/mol. The summed E-state index contributed by atoms with van der Waals surface area (Å²) in [7, 11) is 0.